The van der Waals surface area contributed by atoms with Crippen LogP contribution in [0.5, 0.6) is 0 Å². The monoisotopic (exact) mass is 441 g/mol. The zero-order chi connectivity index (χ0) is 21.1. The van der Waals surface area contributed by atoms with E-state index in [-0.39, 0.29) is 16.2 Å². The van der Waals surface area contributed by atoms with Crippen LogP contribution in [0.1, 0.15) is 33.6 Å². The van der Waals surface area contributed by atoms with Crippen LogP contribution >= 0.6 is 11.3 Å². The molecule has 3 N–H and O–H groups in total. The van der Waals surface area contributed by atoms with Gasteiger partial charge in [-0.15, -0.1) is 11.3 Å². The molecule has 1 aliphatic rings. The van der Waals surface area contributed by atoms with Crippen molar-refractivity contribution >= 4 is 44.5 Å². The molecule has 0 spiro atoms. The Morgan fingerprint density at radius 1 is 0.900 bits per heavy atom. The van der Waals surface area contributed by atoms with Crippen molar-refractivity contribution in [1.29, 1.82) is 0 Å². The first-order valence-electron chi connectivity index (χ1n) is 9.30. The maximum Gasteiger partial charge on any atom is 0.271 e. The molecule has 0 atom stereocenters. The first-order chi connectivity index (χ1) is 14.4. The summed E-state index contributed by atoms with van der Waals surface area (Å²) in [5.41, 5.74) is 1.51. The largest absolute Gasteiger partial charge is 0.349 e. The van der Waals surface area contributed by atoms with Crippen LogP contribution in [-0.4, -0.2) is 26.3 Å². The normalized spacial score (nSPS) is 13.5. The van der Waals surface area contributed by atoms with Gasteiger partial charge in [0.05, 0.1) is 11.3 Å². The number of carbonyl (C=O) groups excluding carboxylic acids is 2. The molecule has 1 aliphatic carbocycles. The number of carbonyl (C=O) groups is 2. The molecule has 1 fully saturated rings. The second kappa shape index (κ2) is 8.29. The molecule has 0 aliphatic heterocycles. The number of nitrogens with one attached hydrogen (secondary N) is 3. The van der Waals surface area contributed by atoms with Gasteiger partial charge in [-0.2, -0.15) is 0 Å². The Labute approximate surface area is 178 Å². The van der Waals surface area contributed by atoms with E-state index in [1.54, 1.807) is 35.7 Å². The molecular weight excluding hydrogens is 422 g/mol. The summed E-state index contributed by atoms with van der Waals surface area (Å²) in [5, 5.41) is 7.35. The zero-order valence-electron chi connectivity index (χ0n) is 15.8. The number of anilines is 2. The van der Waals surface area contributed by atoms with Gasteiger partial charge in [0.15, 0.2) is 0 Å². The van der Waals surface area contributed by atoms with Crippen molar-refractivity contribution in [2.75, 3.05) is 10.0 Å². The topological polar surface area (TPSA) is 104 Å². The van der Waals surface area contributed by atoms with Crippen molar-refractivity contribution < 1.29 is 18.0 Å². The summed E-state index contributed by atoms with van der Waals surface area (Å²) in [6.07, 6.45) is 1.95. The summed E-state index contributed by atoms with van der Waals surface area (Å²) in [5.74, 6) is -0.610. The third kappa shape index (κ3) is 4.69. The Hall–Kier alpha value is -3.17. The molecule has 30 heavy (non-hydrogen) atoms. The second-order valence-corrected chi connectivity index (χ2v) is 9.72. The number of rotatable bonds is 7. The molecule has 154 valence electrons. The second-order valence-electron chi connectivity index (χ2n) is 6.86. The van der Waals surface area contributed by atoms with Crippen molar-refractivity contribution in [2.24, 2.45) is 0 Å². The Morgan fingerprint density at radius 3 is 2.30 bits per heavy atom. The van der Waals surface area contributed by atoms with Gasteiger partial charge in [0, 0.05) is 17.3 Å². The first kappa shape index (κ1) is 20.1. The van der Waals surface area contributed by atoms with Gasteiger partial charge < -0.3 is 10.6 Å². The average molecular weight is 442 g/mol. The number of thiophene rings is 1. The van der Waals surface area contributed by atoms with Gasteiger partial charge in [0.25, 0.3) is 21.8 Å². The fraction of sp³-hybridized carbons (Fsp3) is 0.143. The lowest BCUT2D eigenvalue weighted by Crippen LogP contribution is -2.27. The molecule has 7 nitrogen and oxygen atoms in total. The minimum absolute atomic E-state index is 0.213. The minimum Gasteiger partial charge on any atom is -0.349 e. The van der Waals surface area contributed by atoms with E-state index in [1.165, 1.54) is 30.3 Å². The molecule has 3 aromatic rings. The number of hydrogen-bond acceptors (Lipinski definition) is 5. The summed E-state index contributed by atoms with van der Waals surface area (Å²) < 4.78 is 27.3. The zero-order valence-corrected chi connectivity index (χ0v) is 17.4. The van der Waals surface area contributed by atoms with Gasteiger partial charge in [-0.25, -0.2) is 8.42 Å². The molecule has 2 aromatic carbocycles. The van der Waals surface area contributed by atoms with Gasteiger partial charge in [-0.05, 0) is 60.7 Å². The van der Waals surface area contributed by atoms with Crippen molar-refractivity contribution in [1.82, 2.24) is 5.32 Å². The lowest BCUT2D eigenvalue weighted by molar-refractivity contribution is 0.0952. The third-order valence-electron chi connectivity index (χ3n) is 4.49. The maximum atomic E-state index is 12.6. The van der Waals surface area contributed by atoms with E-state index in [0.717, 1.165) is 24.2 Å². The molecule has 2 amide bonds. The van der Waals surface area contributed by atoms with Crippen LogP contribution in [0.2, 0.25) is 0 Å². The van der Waals surface area contributed by atoms with Crippen molar-refractivity contribution in [3.8, 4) is 0 Å². The van der Waals surface area contributed by atoms with Crippen LogP contribution in [-0.2, 0) is 10.0 Å². The van der Waals surface area contributed by atoms with E-state index in [0.29, 0.717) is 22.5 Å². The molecule has 1 saturated carbocycles. The van der Waals surface area contributed by atoms with Crippen molar-refractivity contribution in [3.05, 3.63) is 77.2 Å². The van der Waals surface area contributed by atoms with Gasteiger partial charge in [-0.3, -0.25) is 14.3 Å². The van der Waals surface area contributed by atoms with Crippen LogP contribution in [0, 0.1) is 0 Å². The molecule has 0 saturated heterocycles. The molecule has 0 radical (unpaired) electrons. The van der Waals surface area contributed by atoms with Crippen molar-refractivity contribution in [2.45, 2.75) is 23.1 Å². The Bertz CT molecular complexity index is 1170. The summed E-state index contributed by atoms with van der Waals surface area (Å²) in [4.78, 5) is 25.0. The summed E-state index contributed by atoms with van der Waals surface area (Å²) >= 11 is 1.12. The molecule has 0 unspecified atom stereocenters. The van der Waals surface area contributed by atoms with Crippen LogP contribution in [0.3, 0.4) is 0 Å². The number of sulfonamides is 1. The van der Waals surface area contributed by atoms with Crippen LogP contribution in [0.15, 0.2) is 70.3 Å². The number of amides is 2. The van der Waals surface area contributed by atoms with E-state index in [1.807, 2.05) is 0 Å². The fourth-order valence-electron chi connectivity index (χ4n) is 2.79. The summed E-state index contributed by atoms with van der Waals surface area (Å²) in [7, 11) is -3.65. The number of hydrogen-bond donors (Lipinski definition) is 3. The van der Waals surface area contributed by atoms with E-state index in [2.05, 4.69) is 15.4 Å². The van der Waals surface area contributed by atoms with Gasteiger partial charge in [0.2, 0.25) is 0 Å². The highest BCUT2D eigenvalue weighted by Crippen LogP contribution is 2.23. The van der Waals surface area contributed by atoms with Crippen LogP contribution in [0.4, 0.5) is 11.4 Å². The highest BCUT2D eigenvalue weighted by Gasteiger charge is 2.25. The lowest BCUT2D eigenvalue weighted by atomic mass is 10.1. The minimum atomic E-state index is -3.65. The predicted octanol–water partition coefficient (Wildman–Crippen LogP) is 3.69. The van der Waals surface area contributed by atoms with E-state index >= 15 is 0 Å². The van der Waals surface area contributed by atoms with Gasteiger partial charge >= 0.3 is 0 Å². The molecular formula is C21H19N3O4S2. The SMILES string of the molecule is O=C(Nc1ccccc1C(=O)NC1CC1)c1ccc(NS(=O)(=O)c2cccs2)cc1. The Kier molecular flexibility index (Phi) is 5.56. The number of para-hydroxylation sites is 1. The quantitative estimate of drug-likeness (QED) is 0.520. The van der Waals surface area contributed by atoms with Gasteiger partial charge in [-0.1, -0.05) is 18.2 Å². The molecule has 4 rings (SSSR count). The standard InChI is InChI=1S/C21H19N3O4S2/c25-20(23-18-5-2-1-4-17(18)21(26)22-15-11-12-15)14-7-9-16(10-8-14)24-30(27,28)19-6-3-13-29-19/h1-10,13,15,24H,11-12H2,(H,22,26)(H,23,25). The maximum absolute atomic E-state index is 12.6. The smallest absolute Gasteiger partial charge is 0.271 e. The Balaban J connectivity index is 1.45. The van der Waals surface area contributed by atoms with Crippen molar-refractivity contribution in [3.63, 3.8) is 0 Å². The first-order valence-corrected chi connectivity index (χ1v) is 11.7. The highest BCUT2D eigenvalue weighted by molar-refractivity contribution is 7.94. The third-order valence-corrected chi connectivity index (χ3v) is 7.27. The fourth-order valence-corrected chi connectivity index (χ4v) is 4.84. The molecule has 9 heteroatoms. The average Bonchev–Trinajstić information content (AvgIpc) is 3.35. The summed E-state index contributed by atoms with van der Waals surface area (Å²) in [6.45, 7) is 0. The van der Waals surface area contributed by atoms with E-state index in [4.69, 9.17) is 0 Å². The molecule has 0 bridgehead atoms. The Morgan fingerprint density at radius 2 is 1.63 bits per heavy atom. The molecule has 1 heterocycles. The predicted molar refractivity (Wildman–Crippen MR) is 116 cm³/mol. The van der Waals surface area contributed by atoms with E-state index in [9.17, 15) is 18.0 Å². The van der Waals surface area contributed by atoms with Crippen LogP contribution in [0.25, 0.3) is 0 Å². The summed E-state index contributed by atoms with van der Waals surface area (Å²) in [6, 6.07) is 16.3. The number of benzene rings is 2. The van der Waals surface area contributed by atoms with E-state index < -0.39 is 15.9 Å². The van der Waals surface area contributed by atoms with Crippen LogP contribution < -0.4 is 15.4 Å². The lowest BCUT2D eigenvalue weighted by Gasteiger charge is -2.12. The molecule has 1 aromatic heterocycles. The highest BCUT2D eigenvalue weighted by atomic mass is 32.2. The van der Waals surface area contributed by atoms with Gasteiger partial charge in [0.1, 0.15) is 4.21 Å².